The van der Waals surface area contributed by atoms with Gasteiger partial charge in [0.2, 0.25) is 11.8 Å². The molecule has 0 spiro atoms. The minimum absolute atomic E-state index is 0.0173. The molecule has 2 amide bonds. The van der Waals surface area contributed by atoms with Gasteiger partial charge in [0.05, 0.1) is 5.92 Å². The number of rotatable bonds is 4. The van der Waals surface area contributed by atoms with E-state index in [9.17, 15) is 9.59 Å². The molecule has 1 N–H and O–H groups in total. The Bertz CT molecular complexity index is 799. The van der Waals surface area contributed by atoms with Crippen LogP contribution in [0.25, 0.3) is 6.08 Å². The topological polar surface area (TPSA) is 49.4 Å². The molecule has 134 valence electrons. The number of likely N-dealkylation sites (tertiary alicyclic amines) is 1. The average Bonchev–Trinajstić information content (AvgIpc) is 2.67. The third-order valence-corrected chi connectivity index (χ3v) is 4.61. The first-order chi connectivity index (χ1) is 12.6. The summed E-state index contributed by atoms with van der Waals surface area (Å²) in [6.07, 6.45) is 5.09. The van der Waals surface area contributed by atoms with Crippen LogP contribution in [-0.2, 0) is 9.59 Å². The first-order valence-corrected chi connectivity index (χ1v) is 9.01. The largest absolute Gasteiger partial charge is 0.338 e. The van der Waals surface area contributed by atoms with E-state index >= 15 is 0 Å². The lowest BCUT2D eigenvalue weighted by molar-refractivity contribution is -0.130. The quantitative estimate of drug-likeness (QED) is 0.852. The smallest absolute Gasteiger partial charge is 0.246 e. The zero-order chi connectivity index (χ0) is 18.4. The van der Waals surface area contributed by atoms with E-state index < -0.39 is 0 Å². The van der Waals surface area contributed by atoms with Gasteiger partial charge in [-0.15, -0.1) is 0 Å². The molecule has 1 atom stereocenters. The first-order valence-electron chi connectivity index (χ1n) is 9.01. The van der Waals surface area contributed by atoms with Crippen LogP contribution in [0.2, 0.25) is 0 Å². The predicted molar refractivity (Wildman–Crippen MR) is 105 cm³/mol. The molecule has 4 heteroatoms. The summed E-state index contributed by atoms with van der Waals surface area (Å²) in [6, 6.07) is 17.5. The number of amides is 2. The van der Waals surface area contributed by atoms with Crippen LogP contribution in [0.4, 0.5) is 5.69 Å². The van der Waals surface area contributed by atoms with Crippen molar-refractivity contribution in [2.24, 2.45) is 5.92 Å². The molecule has 2 aromatic rings. The Morgan fingerprint density at radius 2 is 1.92 bits per heavy atom. The van der Waals surface area contributed by atoms with Crippen LogP contribution < -0.4 is 5.32 Å². The highest BCUT2D eigenvalue weighted by Crippen LogP contribution is 2.19. The molecule has 1 heterocycles. The molecule has 3 rings (SSSR count). The van der Waals surface area contributed by atoms with E-state index in [1.54, 1.807) is 11.0 Å². The molecule has 0 saturated carbocycles. The maximum absolute atomic E-state index is 12.5. The minimum Gasteiger partial charge on any atom is -0.338 e. The molecule has 1 saturated heterocycles. The molecule has 0 aliphatic carbocycles. The average molecular weight is 348 g/mol. The Balaban J connectivity index is 1.59. The maximum atomic E-state index is 12.5. The highest BCUT2D eigenvalue weighted by molar-refractivity contribution is 5.95. The van der Waals surface area contributed by atoms with Crippen LogP contribution in [0.5, 0.6) is 0 Å². The van der Waals surface area contributed by atoms with Gasteiger partial charge in [0.1, 0.15) is 0 Å². The van der Waals surface area contributed by atoms with Gasteiger partial charge in [0.15, 0.2) is 0 Å². The van der Waals surface area contributed by atoms with Gasteiger partial charge >= 0.3 is 0 Å². The summed E-state index contributed by atoms with van der Waals surface area (Å²) in [5.74, 6) is -0.222. The summed E-state index contributed by atoms with van der Waals surface area (Å²) < 4.78 is 0. The van der Waals surface area contributed by atoms with Crippen molar-refractivity contribution in [1.29, 1.82) is 0 Å². The fraction of sp³-hybridized carbons (Fsp3) is 0.273. The van der Waals surface area contributed by atoms with Crippen LogP contribution in [0.15, 0.2) is 60.7 Å². The van der Waals surface area contributed by atoms with E-state index in [2.05, 4.69) is 5.32 Å². The van der Waals surface area contributed by atoms with Gasteiger partial charge in [-0.25, -0.2) is 0 Å². The minimum atomic E-state index is -0.166. The Hall–Kier alpha value is -2.88. The monoisotopic (exact) mass is 348 g/mol. The molecule has 26 heavy (non-hydrogen) atoms. The van der Waals surface area contributed by atoms with Gasteiger partial charge in [-0.1, -0.05) is 48.0 Å². The fourth-order valence-corrected chi connectivity index (χ4v) is 3.20. The van der Waals surface area contributed by atoms with Crippen molar-refractivity contribution >= 4 is 23.6 Å². The SMILES string of the molecule is Cc1cccc(C=CC(=O)N2CCCC(C(=O)Nc3ccccc3)C2)c1. The van der Waals surface area contributed by atoms with Crippen LogP contribution in [0.3, 0.4) is 0 Å². The summed E-state index contributed by atoms with van der Waals surface area (Å²) in [5.41, 5.74) is 2.96. The summed E-state index contributed by atoms with van der Waals surface area (Å²) in [4.78, 5) is 26.7. The number of hydrogen-bond acceptors (Lipinski definition) is 2. The number of para-hydroxylation sites is 1. The van der Waals surface area contributed by atoms with E-state index in [0.29, 0.717) is 13.1 Å². The van der Waals surface area contributed by atoms with Gasteiger partial charge < -0.3 is 10.2 Å². The molecule has 0 aromatic heterocycles. The molecule has 0 bridgehead atoms. The molecule has 1 fully saturated rings. The Morgan fingerprint density at radius 3 is 2.69 bits per heavy atom. The number of anilines is 1. The van der Waals surface area contributed by atoms with Crippen molar-refractivity contribution in [1.82, 2.24) is 4.90 Å². The maximum Gasteiger partial charge on any atom is 0.246 e. The van der Waals surface area contributed by atoms with Gasteiger partial charge in [-0.05, 0) is 43.5 Å². The highest BCUT2D eigenvalue weighted by atomic mass is 16.2. The van der Waals surface area contributed by atoms with E-state index in [1.165, 1.54) is 0 Å². The van der Waals surface area contributed by atoms with Crippen molar-refractivity contribution in [3.8, 4) is 0 Å². The van der Waals surface area contributed by atoms with Crippen LogP contribution in [-0.4, -0.2) is 29.8 Å². The van der Waals surface area contributed by atoms with Gasteiger partial charge in [-0.3, -0.25) is 9.59 Å². The Kier molecular flexibility index (Phi) is 5.84. The first kappa shape index (κ1) is 17.9. The summed E-state index contributed by atoms with van der Waals surface area (Å²) in [6.45, 7) is 3.20. The normalized spacial score (nSPS) is 17.3. The number of nitrogens with one attached hydrogen (secondary N) is 1. The summed E-state index contributed by atoms with van der Waals surface area (Å²) in [7, 11) is 0. The van der Waals surface area contributed by atoms with Crippen molar-refractivity contribution in [2.45, 2.75) is 19.8 Å². The zero-order valence-electron chi connectivity index (χ0n) is 15.0. The van der Waals surface area contributed by atoms with E-state index in [4.69, 9.17) is 0 Å². The summed E-state index contributed by atoms with van der Waals surface area (Å²) in [5, 5.41) is 2.94. The van der Waals surface area contributed by atoms with Crippen molar-refractivity contribution in [3.05, 3.63) is 71.8 Å². The Labute approximate surface area is 154 Å². The van der Waals surface area contributed by atoms with Gasteiger partial charge in [0, 0.05) is 24.9 Å². The van der Waals surface area contributed by atoms with E-state index in [0.717, 1.165) is 29.7 Å². The van der Waals surface area contributed by atoms with E-state index in [1.807, 2.05) is 67.6 Å². The number of aryl methyl sites for hydroxylation is 1. The second-order valence-electron chi connectivity index (χ2n) is 6.73. The van der Waals surface area contributed by atoms with Gasteiger partial charge in [0.25, 0.3) is 0 Å². The number of piperidine rings is 1. The molecular formula is C22H24N2O2. The van der Waals surface area contributed by atoms with Crippen molar-refractivity contribution in [3.63, 3.8) is 0 Å². The van der Waals surface area contributed by atoms with Crippen LogP contribution in [0, 0.1) is 12.8 Å². The molecule has 1 aliphatic heterocycles. The van der Waals surface area contributed by atoms with Crippen LogP contribution in [0.1, 0.15) is 24.0 Å². The molecule has 0 radical (unpaired) electrons. The number of nitrogens with zero attached hydrogens (tertiary/aromatic N) is 1. The molecular weight excluding hydrogens is 324 g/mol. The second-order valence-corrected chi connectivity index (χ2v) is 6.73. The number of benzene rings is 2. The summed E-state index contributed by atoms with van der Waals surface area (Å²) >= 11 is 0. The van der Waals surface area contributed by atoms with Gasteiger partial charge in [-0.2, -0.15) is 0 Å². The predicted octanol–water partition coefficient (Wildman–Crippen LogP) is 3.89. The molecule has 4 nitrogen and oxygen atoms in total. The second kappa shape index (κ2) is 8.48. The van der Waals surface area contributed by atoms with Crippen molar-refractivity contribution in [2.75, 3.05) is 18.4 Å². The number of carbonyl (C=O) groups is 2. The Morgan fingerprint density at radius 1 is 1.12 bits per heavy atom. The lowest BCUT2D eigenvalue weighted by Gasteiger charge is -2.31. The lowest BCUT2D eigenvalue weighted by Crippen LogP contribution is -2.43. The number of carbonyl (C=O) groups excluding carboxylic acids is 2. The zero-order valence-corrected chi connectivity index (χ0v) is 15.0. The van der Waals surface area contributed by atoms with Crippen molar-refractivity contribution < 1.29 is 9.59 Å². The molecule has 1 unspecified atom stereocenters. The third kappa shape index (κ3) is 4.82. The molecule has 1 aliphatic rings. The lowest BCUT2D eigenvalue weighted by atomic mass is 9.97. The van der Waals surface area contributed by atoms with E-state index in [-0.39, 0.29) is 17.7 Å². The highest BCUT2D eigenvalue weighted by Gasteiger charge is 2.27. The number of hydrogen-bond donors (Lipinski definition) is 1. The van der Waals surface area contributed by atoms with Crippen LogP contribution >= 0.6 is 0 Å². The third-order valence-electron chi connectivity index (χ3n) is 4.61. The fourth-order valence-electron chi connectivity index (χ4n) is 3.20. The molecule has 2 aromatic carbocycles. The standard InChI is InChI=1S/C22H24N2O2/c1-17-7-5-8-18(15-17)12-13-21(25)24-14-6-9-19(16-24)22(26)23-20-10-3-2-4-11-20/h2-5,7-8,10-13,15,19H,6,9,14,16H2,1H3,(H,23,26).